The zero-order chi connectivity index (χ0) is 14.8. The summed E-state index contributed by atoms with van der Waals surface area (Å²) in [6.07, 6.45) is -0.153. The monoisotopic (exact) mass is 280 g/mol. The van der Waals surface area contributed by atoms with Gasteiger partial charge in [-0.2, -0.15) is 0 Å². The quantitative estimate of drug-likeness (QED) is 0.916. The first-order valence-electron chi connectivity index (χ1n) is 7.26. The third-order valence-corrected chi connectivity index (χ3v) is 4.38. The topological polar surface area (TPSA) is 26.7 Å². The van der Waals surface area contributed by atoms with Crippen molar-refractivity contribution in [2.45, 2.75) is 31.9 Å². The molecule has 0 saturated carbocycles. The molecule has 0 spiro atoms. The number of hydrogen-bond acceptors (Lipinski definition) is 3. The molecule has 112 valence electrons. The van der Waals surface area contributed by atoms with E-state index >= 15 is 0 Å². The van der Waals surface area contributed by atoms with Crippen LogP contribution in [0.4, 0.5) is 4.39 Å². The maximum atomic E-state index is 13.6. The number of aliphatic hydroxyl groups excluding tert-OH is 1. The van der Waals surface area contributed by atoms with Gasteiger partial charge in [-0.1, -0.05) is 18.2 Å². The summed E-state index contributed by atoms with van der Waals surface area (Å²) in [5.41, 5.74) is 0.558. The Hall–Kier alpha value is -0.970. The number of rotatable bonds is 4. The largest absolute Gasteiger partial charge is 0.388 e. The van der Waals surface area contributed by atoms with Gasteiger partial charge in [0.25, 0.3) is 0 Å². The molecule has 0 bridgehead atoms. The van der Waals surface area contributed by atoms with Crippen molar-refractivity contribution in [1.82, 2.24) is 9.80 Å². The predicted molar refractivity (Wildman–Crippen MR) is 79.1 cm³/mol. The highest BCUT2D eigenvalue weighted by molar-refractivity contribution is 5.19. The fourth-order valence-corrected chi connectivity index (χ4v) is 2.74. The molecule has 0 aliphatic carbocycles. The van der Waals surface area contributed by atoms with Crippen LogP contribution in [0.5, 0.6) is 0 Å². The van der Waals surface area contributed by atoms with Crippen LogP contribution in [0.25, 0.3) is 0 Å². The Kier molecular flexibility index (Phi) is 4.78. The number of hydrogen-bond donors (Lipinski definition) is 1. The van der Waals surface area contributed by atoms with E-state index < -0.39 is 6.10 Å². The lowest BCUT2D eigenvalue weighted by Gasteiger charge is -2.45. The van der Waals surface area contributed by atoms with Crippen LogP contribution in [0.2, 0.25) is 0 Å². The number of piperazine rings is 1. The fraction of sp³-hybridized carbons (Fsp3) is 0.625. The van der Waals surface area contributed by atoms with Crippen LogP contribution >= 0.6 is 0 Å². The van der Waals surface area contributed by atoms with Gasteiger partial charge >= 0.3 is 0 Å². The van der Waals surface area contributed by atoms with Gasteiger partial charge in [0.05, 0.1) is 6.10 Å². The highest BCUT2D eigenvalue weighted by Gasteiger charge is 2.30. The summed E-state index contributed by atoms with van der Waals surface area (Å²) < 4.78 is 13.6. The molecule has 0 amide bonds. The molecule has 1 saturated heterocycles. The first-order chi connectivity index (χ1) is 9.40. The minimum absolute atomic E-state index is 0.154. The molecule has 1 atom stereocenters. The minimum Gasteiger partial charge on any atom is -0.388 e. The average molecular weight is 280 g/mol. The molecule has 20 heavy (non-hydrogen) atoms. The van der Waals surface area contributed by atoms with Crippen molar-refractivity contribution in [3.8, 4) is 0 Å². The molecular formula is C16H25FN2O. The van der Waals surface area contributed by atoms with Gasteiger partial charge in [-0.05, 0) is 33.4 Å². The normalized spacial score (nSPS) is 21.9. The lowest BCUT2D eigenvalue weighted by Crippen LogP contribution is -2.57. The lowest BCUT2D eigenvalue weighted by molar-refractivity contribution is 0.0310. The molecule has 2 rings (SSSR count). The second-order valence-electron chi connectivity index (χ2n) is 6.34. The first kappa shape index (κ1) is 15.4. The van der Waals surface area contributed by atoms with Crippen molar-refractivity contribution in [3.05, 3.63) is 35.6 Å². The average Bonchev–Trinajstić information content (AvgIpc) is 2.40. The Morgan fingerprint density at radius 2 is 2.00 bits per heavy atom. The van der Waals surface area contributed by atoms with Crippen molar-refractivity contribution in [1.29, 1.82) is 0 Å². The van der Waals surface area contributed by atoms with E-state index in [1.165, 1.54) is 6.07 Å². The highest BCUT2D eigenvalue weighted by atomic mass is 19.1. The Morgan fingerprint density at radius 3 is 2.65 bits per heavy atom. The van der Waals surface area contributed by atoms with Crippen molar-refractivity contribution in [2.24, 2.45) is 0 Å². The van der Waals surface area contributed by atoms with Gasteiger partial charge in [-0.15, -0.1) is 0 Å². The second kappa shape index (κ2) is 6.20. The van der Waals surface area contributed by atoms with Gasteiger partial charge in [-0.3, -0.25) is 4.90 Å². The maximum absolute atomic E-state index is 13.6. The number of benzene rings is 1. The van der Waals surface area contributed by atoms with Crippen molar-refractivity contribution in [3.63, 3.8) is 0 Å². The zero-order valence-electron chi connectivity index (χ0n) is 12.6. The molecule has 4 heteroatoms. The van der Waals surface area contributed by atoms with Crippen LogP contribution in [-0.2, 0) is 0 Å². The van der Waals surface area contributed by atoms with E-state index in [4.69, 9.17) is 0 Å². The molecule has 1 aromatic rings. The van der Waals surface area contributed by atoms with Crippen molar-refractivity contribution >= 4 is 0 Å². The SMILES string of the molecule is CN1CCN(CCC(O)c2ccccc2F)CC1(C)C. The predicted octanol–water partition coefficient (Wildman–Crippen LogP) is 2.28. The van der Waals surface area contributed by atoms with E-state index in [9.17, 15) is 9.50 Å². The zero-order valence-corrected chi connectivity index (χ0v) is 12.6. The van der Waals surface area contributed by atoms with E-state index in [1.54, 1.807) is 18.2 Å². The number of nitrogens with zero attached hydrogens (tertiary/aromatic N) is 2. The van der Waals surface area contributed by atoms with E-state index in [1.807, 2.05) is 0 Å². The van der Waals surface area contributed by atoms with E-state index in [-0.39, 0.29) is 11.4 Å². The molecule has 0 aromatic heterocycles. The molecular weight excluding hydrogens is 255 g/mol. The van der Waals surface area contributed by atoms with Crippen LogP contribution < -0.4 is 0 Å². The smallest absolute Gasteiger partial charge is 0.128 e. The van der Waals surface area contributed by atoms with E-state index in [0.29, 0.717) is 12.0 Å². The third kappa shape index (κ3) is 3.57. The summed E-state index contributed by atoms with van der Waals surface area (Å²) in [6, 6.07) is 6.47. The Bertz CT molecular complexity index is 450. The Labute approximate surface area is 121 Å². The Balaban J connectivity index is 1.88. The standard InChI is InChI=1S/C16H25FN2O/c1-16(2)12-19(11-10-18(16)3)9-8-15(20)13-6-4-5-7-14(13)17/h4-7,15,20H,8-12H2,1-3H3. The first-order valence-corrected chi connectivity index (χ1v) is 7.26. The molecule has 0 radical (unpaired) electrons. The molecule has 1 N–H and O–H groups in total. The number of likely N-dealkylation sites (N-methyl/N-ethyl adjacent to an activating group) is 1. The number of halogens is 1. The van der Waals surface area contributed by atoms with Crippen LogP contribution in [0.3, 0.4) is 0 Å². The van der Waals surface area contributed by atoms with Gasteiger partial charge in [-0.25, -0.2) is 4.39 Å². The number of aliphatic hydroxyl groups is 1. The minimum atomic E-state index is -0.723. The molecule has 1 aliphatic rings. The fourth-order valence-electron chi connectivity index (χ4n) is 2.74. The van der Waals surface area contributed by atoms with Gasteiger partial charge in [0.15, 0.2) is 0 Å². The van der Waals surface area contributed by atoms with Crippen LogP contribution in [0.1, 0.15) is 31.9 Å². The van der Waals surface area contributed by atoms with Crippen LogP contribution in [0, 0.1) is 5.82 Å². The van der Waals surface area contributed by atoms with Crippen LogP contribution in [0.15, 0.2) is 24.3 Å². The molecule has 3 nitrogen and oxygen atoms in total. The summed E-state index contributed by atoms with van der Waals surface area (Å²) in [4.78, 5) is 4.71. The third-order valence-electron chi connectivity index (χ3n) is 4.38. The van der Waals surface area contributed by atoms with Gasteiger partial charge in [0.1, 0.15) is 5.82 Å². The van der Waals surface area contributed by atoms with Crippen LogP contribution in [-0.4, -0.2) is 53.7 Å². The van der Waals surface area contributed by atoms with Gasteiger partial charge in [0.2, 0.25) is 0 Å². The Morgan fingerprint density at radius 1 is 1.30 bits per heavy atom. The van der Waals surface area contributed by atoms with E-state index in [2.05, 4.69) is 30.7 Å². The summed E-state index contributed by atoms with van der Waals surface area (Å²) in [5.74, 6) is -0.321. The lowest BCUT2D eigenvalue weighted by atomic mass is 9.99. The van der Waals surface area contributed by atoms with E-state index in [0.717, 1.165) is 26.2 Å². The van der Waals surface area contributed by atoms with Crippen molar-refractivity contribution in [2.75, 3.05) is 33.2 Å². The summed E-state index contributed by atoms with van der Waals surface area (Å²) in [5, 5.41) is 10.1. The van der Waals surface area contributed by atoms with Crippen molar-refractivity contribution < 1.29 is 9.50 Å². The molecule has 1 fully saturated rings. The molecule has 1 heterocycles. The summed E-state index contributed by atoms with van der Waals surface area (Å²) >= 11 is 0. The van der Waals surface area contributed by atoms with Gasteiger partial charge < -0.3 is 10.0 Å². The van der Waals surface area contributed by atoms with Gasteiger partial charge in [0, 0.05) is 37.3 Å². The molecule has 1 unspecified atom stereocenters. The highest BCUT2D eigenvalue weighted by Crippen LogP contribution is 2.23. The summed E-state index contributed by atoms with van der Waals surface area (Å²) in [7, 11) is 2.14. The molecule has 1 aromatic carbocycles. The second-order valence-corrected chi connectivity index (χ2v) is 6.34. The summed E-state index contributed by atoms with van der Waals surface area (Å²) in [6.45, 7) is 8.27. The maximum Gasteiger partial charge on any atom is 0.128 e. The molecule has 1 aliphatic heterocycles.